The maximum atomic E-state index is 12.9. The van der Waals surface area contributed by atoms with E-state index in [1.807, 2.05) is 26.8 Å². The summed E-state index contributed by atoms with van der Waals surface area (Å²) < 4.78 is 11.3. The molecule has 8 nitrogen and oxygen atoms in total. The average Bonchev–Trinajstić information content (AvgIpc) is 3.11. The highest BCUT2D eigenvalue weighted by molar-refractivity contribution is 6.05. The molecule has 0 spiro atoms. The zero-order chi connectivity index (χ0) is 25.4. The molecule has 2 aliphatic rings. The molecule has 8 heteroatoms. The molecule has 2 heterocycles. The lowest BCUT2D eigenvalue weighted by molar-refractivity contribution is -0.155. The lowest BCUT2D eigenvalue weighted by atomic mass is 10.0. The molecule has 2 aliphatic heterocycles. The van der Waals surface area contributed by atoms with Crippen LogP contribution in [0, 0.1) is 0 Å². The number of carbonyl (C=O) groups is 4. The first-order valence-electron chi connectivity index (χ1n) is 12.8. The second-order valence-corrected chi connectivity index (χ2v) is 10.3. The summed E-state index contributed by atoms with van der Waals surface area (Å²) >= 11 is 0. The van der Waals surface area contributed by atoms with Gasteiger partial charge in [-0.1, -0.05) is 38.2 Å². The first-order valence-corrected chi connectivity index (χ1v) is 12.8. The van der Waals surface area contributed by atoms with Crippen LogP contribution in [-0.2, 0) is 25.7 Å². The zero-order valence-corrected chi connectivity index (χ0v) is 21.2. The largest absolute Gasteiger partial charge is 0.493 e. The van der Waals surface area contributed by atoms with Gasteiger partial charge in [-0.2, -0.15) is 0 Å². The molecule has 0 aromatic heterocycles. The van der Waals surface area contributed by atoms with E-state index in [0.29, 0.717) is 37.3 Å². The number of nitrogens with one attached hydrogen (secondary N) is 1. The Morgan fingerprint density at radius 2 is 1.71 bits per heavy atom. The van der Waals surface area contributed by atoms with E-state index in [1.54, 1.807) is 17.0 Å². The molecule has 1 atom stereocenters. The van der Waals surface area contributed by atoms with Gasteiger partial charge in [0.2, 0.25) is 11.8 Å². The molecule has 3 amide bonds. The Morgan fingerprint density at radius 3 is 2.40 bits per heavy atom. The third-order valence-electron chi connectivity index (χ3n) is 6.24. The Bertz CT molecular complexity index is 936. The van der Waals surface area contributed by atoms with Crippen molar-refractivity contribution in [3.05, 3.63) is 29.3 Å². The molecule has 0 saturated carbocycles. The van der Waals surface area contributed by atoms with Crippen molar-refractivity contribution in [3.8, 4) is 5.75 Å². The lowest BCUT2D eigenvalue weighted by Crippen LogP contribution is -2.52. The van der Waals surface area contributed by atoms with Gasteiger partial charge < -0.3 is 14.4 Å². The molecule has 0 aliphatic carbocycles. The van der Waals surface area contributed by atoms with E-state index in [9.17, 15) is 19.2 Å². The predicted molar refractivity (Wildman–Crippen MR) is 131 cm³/mol. The van der Waals surface area contributed by atoms with Crippen LogP contribution in [0.5, 0.6) is 5.75 Å². The van der Waals surface area contributed by atoms with Crippen molar-refractivity contribution in [2.75, 3.05) is 6.61 Å². The second kappa shape index (κ2) is 12.2. The number of carbonyl (C=O) groups excluding carboxylic acids is 4. The number of unbranched alkanes of at least 4 members (excludes halogenated alkanes) is 6. The fourth-order valence-electron chi connectivity index (χ4n) is 4.52. The SMILES string of the molecule is CC(C)(C)OC(=O)CCCCCCCCCOc1cccc2c1CN(C1CCC(=O)NC1=O)C2=O. The number of fused-ring (bicyclic) bond motifs is 1. The number of esters is 1. The van der Waals surface area contributed by atoms with Crippen LogP contribution >= 0.6 is 0 Å². The number of hydrogen-bond acceptors (Lipinski definition) is 6. The van der Waals surface area contributed by atoms with Crippen LogP contribution in [-0.4, -0.2) is 46.8 Å². The highest BCUT2D eigenvalue weighted by atomic mass is 16.6. The quantitative estimate of drug-likeness (QED) is 0.269. The zero-order valence-electron chi connectivity index (χ0n) is 21.2. The van der Waals surface area contributed by atoms with Gasteiger partial charge in [-0.05, 0) is 52.2 Å². The first-order chi connectivity index (χ1) is 16.7. The van der Waals surface area contributed by atoms with Gasteiger partial charge in [0.25, 0.3) is 5.91 Å². The van der Waals surface area contributed by atoms with Crippen LogP contribution in [0.25, 0.3) is 0 Å². The fourth-order valence-corrected chi connectivity index (χ4v) is 4.52. The van der Waals surface area contributed by atoms with Gasteiger partial charge >= 0.3 is 5.97 Å². The lowest BCUT2D eigenvalue weighted by Gasteiger charge is -2.29. The number of rotatable bonds is 12. The molecule has 1 fully saturated rings. The van der Waals surface area contributed by atoms with Crippen LogP contribution < -0.4 is 10.1 Å². The van der Waals surface area contributed by atoms with E-state index in [1.165, 1.54) is 0 Å². The Labute approximate surface area is 207 Å². The third-order valence-corrected chi connectivity index (χ3v) is 6.24. The maximum absolute atomic E-state index is 12.9. The number of amides is 3. The van der Waals surface area contributed by atoms with Gasteiger partial charge in [0.1, 0.15) is 17.4 Å². The van der Waals surface area contributed by atoms with E-state index in [0.717, 1.165) is 50.5 Å². The molecular formula is C27H38N2O6. The van der Waals surface area contributed by atoms with Gasteiger partial charge in [-0.15, -0.1) is 0 Å². The van der Waals surface area contributed by atoms with Crippen molar-refractivity contribution in [1.29, 1.82) is 0 Å². The highest BCUT2D eigenvalue weighted by Gasteiger charge is 2.40. The average molecular weight is 487 g/mol. The van der Waals surface area contributed by atoms with Crippen LogP contribution in [0.3, 0.4) is 0 Å². The topological polar surface area (TPSA) is 102 Å². The van der Waals surface area contributed by atoms with Crippen LogP contribution in [0.15, 0.2) is 18.2 Å². The molecule has 1 saturated heterocycles. The number of hydrogen-bond donors (Lipinski definition) is 1. The molecule has 0 radical (unpaired) electrons. The number of piperidine rings is 1. The summed E-state index contributed by atoms with van der Waals surface area (Å²) in [6.07, 6.45) is 8.30. The third kappa shape index (κ3) is 7.80. The Balaban J connectivity index is 1.33. The van der Waals surface area contributed by atoms with Crippen molar-refractivity contribution < 1.29 is 28.7 Å². The normalized spacial score (nSPS) is 17.9. The van der Waals surface area contributed by atoms with Crippen LogP contribution in [0.1, 0.15) is 101 Å². The monoisotopic (exact) mass is 486 g/mol. The maximum Gasteiger partial charge on any atom is 0.306 e. The van der Waals surface area contributed by atoms with Gasteiger partial charge in [0.05, 0.1) is 13.2 Å². The Hall–Kier alpha value is -2.90. The van der Waals surface area contributed by atoms with E-state index < -0.39 is 17.6 Å². The van der Waals surface area contributed by atoms with Crippen molar-refractivity contribution in [3.63, 3.8) is 0 Å². The van der Waals surface area contributed by atoms with E-state index >= 15 is 0 Å². The predicted octanol–water partition coefficient (Wildman–Crippen LogP) is 4.29. The fraction of sp³-hybridized carbons (Fsp3) is 0.630. The molecule has 3 rings (SSSR count). The minimum Gasteiger partial charge on any atom is -0.493 e. The van der Waals surface area contributed by atoms with Crippen molar-refractivity contribution in [2.24, 2.45) is 0 Å². The van der Waals surface area contributed by atoms with Crippen LogP contribution in [0.2, 0.25) is 0 Å². The molecule has 1 aromatic carbocycles. The van der Waals surface area contributed by atoms with E-state index in [4.69, 9.17) is 9.47 Å². The standard InChI is InChI=1S/C27H38N2O6/c1-27(2,3)35-24(31)14-9-7-5-4-6-8-10-17-34-22-13-11-12-19-20(22)18-29(26(19)33)21-15-16-23(30)28-25(21)32/h11-13,21H,4-10,14-18H2,1-3H3,(H,28,30,32). The summed E-state index contributed by atoms with van der Waals surface area (Å²) in [4.78, 5) is 49.8. The molecule has 1 unspecified atom stereocenters. The Morgan fingerprint density at radius 1 is 1.03 bits per heavy atom. The van der Waals surface area contributed by atoms with Crippen molar-refractivity contribution in [2.45, 2.75) is 103 Å². The minimum atomic E-state index is -0.621. The smallest absolute Gasteiger partial charge is 0.306 e. The van der Waals surface area contributed by atoms with Gasteiger partial charge in [0.15, 0.2) is 0 Å². The van der Waals surface area contributed by atoms with E-state index in [2.05, 4.69) is 5.32 Å². The second-order valence-electron chi connectivity index (χ2n) is 10.3. The summed E-state index contributed by atoms with van der Waals surface area (Å²) in [5, 5.41) is 2.33. The van der Waals surface area contributed by atoms with Crippen molar-refractivity contribution in [1.82, 2.24) is 10.2 Å². The molecule has 0 bridgehead atoms. The van der Waals surface area contributed by atoms with E-state index in [-0.39, 0.29) is 24.2 Å². The number of benzene rings is 1. The summed E-state index contributed by atoms with van der Waals surface area (Å²) in [7, 11) is 0. The number of imide groups is 1. The van der Waals surface area contributed by atoms with Crippen molar-refractivity contribution >= 4 is 23.7 Å². The van der Waals surface area contributed by atoms with Gasteiger partial charge in [-0.25, -0.2) is 0 Å². The number of nitrogens with zero attached hydrogens (tertiary/aromatic N) is 1. The van der Waals surface area contributed by atoms with Gasteiger partial charge in [0, 0.05) is 24.0 Å². The molecule has 1 N–H and O–H groups in total. The molecule has 1 aromatic rings. The van der Waals surface area contributed by atoms with Crippen LogP contribution in [0.4, 0.5) is 0 Å². The summed E-state index contributed by atoms with van der Waals surface area (Å²) in [5.41, 5.74) is 0.965. The first kappa shape index (κ1) is 26.7. The molecule has 35 heavy (non-hydrogen) atoms. The summed E-state index contributed by atoms with van der Waals surface area (Å²) in [6.45, 7) is 6.54. The minimum absolute atomic E-state index is 0.121. The Kier molecular flexibility index (Phi) is 9.29. The molecule has 192 valence electrons. The summed E-state index contributed by atoms with van der Waals surface area (Å²) in [5.74, 6) is -0.321. The highest BCUT2D eigenvalue weighted by Crippen LogP contribution is 2.33. The van der Waals surface area contributed by atoms with Gasteiger partial charge in [-0.3, -0.25) is 24.5 Å². The summed E-state index contributed by atoms with van der Waals surface area (Å²) in [6, 6.07) is 4.81. The number of ether oxygens (including phenoxy) is 2. The molecular weight excluding hydrogens is 448 g/mol.